The van der Waals surface area contributed by atoms with E-state index in [2.05, 4.69) is 27.5 Å². The van der Waals surface area contributed by atoms with Gasteiger partial charge in [-0.1, -0.05) is 6.07 Å². The van der Waals surface area contributed by atoms with Crippen molar-refractivity contribution in [1.82, 2.24) is 15.6 Å². The van der Waals surface area contributed by atoms with Gasteiger partial charge in [-0.25, -0.2) is 9.98 Å². The summed E-state index contributed by atoms with van der Waals surface area (Å²) in [5.41, 5.74) is 1.06. The molecule has 0 aromatic carbocycles. The van der Waals surface area contributed by atoms with E-state index in [4.69, 9.17) is 9.47 Å². The maximum Gasteiger partial charge on any atom is 0.213 e. The second kappa shape index (κ2) is 11.1. The number of hydrogen-bond acceptors (Lipinski definition) is 5. The van der Waals surface area contributed by atoms with Crippen molar-refractivity contribution >= 4 is 17.7 Å². The van der Waals surface area contributed by atoms with E-state index >= 15 is 0 Å². The third-order valence-electron chi connectivity index (χ3n) is 3.62. The van der Waals surface area contributed by atoms with E-state index < -0.39 is 0 Å². The highest BCUT2D eigenvalue weighted by molar-refractivity contribution is 8.00. The molecule has 7 heteroatoms. The molecule has 0 amide bonds. The Morgan fingerprint density at radius 3 is 2.96 bits per heavy atom. The Morgan fingerprint density at radius 1 is 1.38 bits per heavy atom. The van der Waals surface area contributed by atoms with Crippen LogP contribution in [0.2, 0.25) is 0 Å². The quantitative estimate of drug-likeness (QED) is 0.403. The van der Waals surface area contributed by atoms with Gasteiger partial charge in [0.05, 0.1) is 13.2 Å². The number of guanidine groups is 1. The van der Waals surface area contributed by atoms with E-state index in [1.807, 2.05) is 30.1 Å². The Kier molecular flexibility index (Phi) is 8.76. The van der Waals surface area contributed by atoms with Crippen molar-refractivity contribution in [2.24, 2.45) is 4.99 Å². The number of ether oxygens (including phenoxy) is 2. The van der Waals surface area contributed by atoms with Crippen LogP contribution in [-0.4, -0.2) is 55.4 Å². The first-order valence-electron chi connectivity index (χ1n) is 8.52. The lowest BCUT2D eigenvalue weighted by Gasteiger charge is -2.14. The van der Waals surface area contributed by atoms with E-state index in [-0.39, 0.29) is 0 Å². The van der Waals surface area contributed by atoms with Gasteiger partial charge in [0.1, 0.15) is 6.61 Å². The molecule has 134 valence electrons. The molecule has 24 heavy (non-hydrogen) atoms. The lowest BCUT2D eigenvalue weighted by molar-refractivity contribution is 0.143. The number of pyridine rings is 1. The van der Waals surface area contributed by atoms with Crippen LogP contribution in [0.3, 0.4) is 0 Å². The summed E-state index contributed by atoms with van der Waals surface area (Å²) in [6.45, 7) is 5.57. The Morgan fingerprint density at radius 2 is 2.29 bits per heavy atom. The topological polar surface area (TPSA) is 67.8 Å². The summed E-state index contributed by atoms with van der Waals surface area (Å²) in [6.07, 6.45) is 4.43. The van der Waals surface area contributed by atoms with Crippen LogP contribution in [0.5, 0.6) is 5.88 Å². The number of thioether (sulfide) groups is 1. The van der Waals surface area contributed by atoms with E-state index in [1.165, 1.54) is 18.6 Å². The number of aromatic nitrogens is 1. The fourth-order valence-corrected chi connectivity index (χ4v) is 3.55. The molecule has 1 fully saturated rings. The zero-order valence-electron chi connectivity index (χ0n) is 14.6. The van der Waals surface area contributed by atoms with Crippen LogP contribution in [0.15, 0.2) is 23.3 Å². The highest BCUT2D eigenvalue weighted by Crippen LogP contribution is 2.25. The lowest BCUT2D eigenvalue weighted by Crippen LogP contribution is -2.40. The van der Waals surface area contributed by atoms with Crippen molar-refractivity contribution in [3.63, 3.8) is 0 Å². The van der Waals surface area contributed by atoms with Gasteiger partial charge in [0.15, 0.2) is 5.96 Å². The summed E-state index contributed by atoms with van der Waals surface area (Å²) in [7, 11) is 1.65. The molecule has 2 heterocycles. The number of nitrogens with one attached hydrogen (secondary N) is 2. The maximum absolute atomic E-state index is 5.46. The van der Waals surface area contributed by atoms with Gasteiger partial charge >= 0.3 is 0 Å². The average molecular weight is 353 g/mol. The summed E-state index contributed by atoms with van der Waals surface area (Å²) < 4.78 is 10.4. The first-order chi connectivity index (χ1) is 11.8. The van der Waals surface area contributed by atoms with E-state index in [0.717, 1.165) is 24.6 Å². The van der Waals surface area contributed by atoms with Crippen LogP contribution in [0.1, 0.15) is 25.3 Å². The van der Waals surface area contributed by atoms with E-state index in [9.17, 15) is 0 Å². The molecule has 1 aromatic heterocycles. The van der Waals surface area contributed by atoms with Gasteiger partial charge in [-0.3, -0.25) is 0 Å². The molecule has 0 spiro atoms. The van der Waals surface area contributed by atoms with Gasteiger partial charge in [-0.05, 0) is 31.1 Å². The summed E-state index contributed by atoms with van der Waals surface area (Å²) in [4.78, 5) is 8.93. The van der Waals surface area contributed by atoms with Gasteiger partial charge in [0.2, 0.25) is 5.88 Å². The average Bonchev–Trinajstić information content (AvgIpc) is 3.12. The standard InChI is InChI=1S/C17H28N4O2S/c1-3-18-17(21-13-15-5-4-10-24-15)20-12-14-6-7-16(19-11-14)23-9-8-22-2/h6-7,11,15H,3-5,8-10,12-13H2,1-2H3,(H2,18,20,21). The first kappa shape index (κ1) is 18.9. The minimum Gasteiger partial charge on any atom is -0.475 e. The SMILES string of the molecule is CCNC(=NCc1ccc(OCCOC)nc1)NCC1CCCS1. The smallest absolute Gasteiger partial charge is 0.213 e. The molecule has 1 unspecified atom stereocenters. The Hall–Kier alpha value is -1.47. The van der Waals surface area contributed by atoms with Crippen molar-refractivity contribution in [2.45, 2.75) is 31.6 Å². The molecule has 0 aliphatic carbocycles. The second-order valence-corrected chi connectivity index (χ2v) is 6.97. The molecule has 2 rings (SSSR count). The van der Waals surface area contributed by atoms with Crippen LogP contribution in [0, 0.1) is 0 Å². The van der Waals surface area contributed by atoms with Gasteiger partial charge in [0, 0.05) is 37.7 Å². The maximum atomic E-state index is 5.46. The largest absolute Gasteiger partial charge is 0.475 e. The van der Waals surface area contributed by atoms with Gasteiger partial charge in [0.25, 0.3) is 0 Å². The van der Waals surface area contributed by atoms with Crippen LogP contribution in [0.4, 0.5) is 0 Å². The molecule has 2 N–H and O–H groups in total. The molecule has 1 atom stereocenters. The predicted octanol–water partition coefficient (Wildman–Crippen LogP) is 2.06. The Balaban J connectivity index is 1.80. The van der Waals surface area contributed by atoms with Crippen LogP contribution in [-0.2, 0) is 11.3 Å². The fourth-order valence-electron chi connectivity index (χ4n) is 2.35. The van der Waals surface area contributed by atoms with Crippen molar-refractivity contribution < 1.29 is 9.47 Å². The highest BCUT2D eigenvalue weighted by Gasteiger charge is 2.15. The summed E-state index contributed by atoms with van der Waals surface area (Å²) >= 11 is 2.05. The van der Waals surface area contributed by atoms with Crippen molar-refractivity contribution in [2.75, 3.05) is 39.2 Å². The van der Waals surface area contributed by atoms with Gasteiger partial charge in [-0.2, -0.15) is 11.8 Å². The zero-order valence-corrected chi connectivity index (χ0v) is 15.4. The summed E-state index contributed by atoms with van der Waals surface area (Å²) in [5, 5.41) is 7.44. The fraction of sp³-hybridized carbons (Fsp3) is 0.647. The molecule has 1 aliphatic heterocycles. The summed E-state index contributed by atoms with van der Waals surface area (Å²) in [6, 6.07) is 3.87. The molecule has 0 saturated carbocycles. The molecule has 0 bridgehead atoms. The van der Waals surface area contributed by atoms with Crippen molar-refractivity contribution in [3.05, 3.63) is 23.9 Å². The normalized spacial score (nSPS) is 17.8. The number of methoxy groups -OCH3 is 1. The van der Waals surface area contributed by atoms with Gasteiger partial charge in [-0.15, -0.1) is 0 Å². The van der Waals surface area contributed by atoms with Crippen molar-refractivity contribution in [3.8, 4) is 5.88 Å². The van der Waals surface area contributed by atoms with E-state index in [1.54, 1.807) is 7.11 Å². The van der Waals surface area contributed by atoms with Gasteiger partial charge < -0.3 is 20.1 Å². The molecule has 1 saturated heterocycles. The van der Waals surface area contributed by atoms with E-state index in [0.29, 0.717) is 30.9 Å². The second-order valence-electron chi connectivity index (χ2n) is 5.56. The number of rotatable bonds is 9. The van der Waals surface area contributed by atoms with Crippen molar-refractivity contribution in [1.29, 1.82) is 0 Å². The predicted molar refractivity (Wildman–Crippen MR) is 99.9 cm³/mol. The zero-order chi connectivity index (χ0) is 17.0. The third-order valence-corrected chi connectivity index (χ3v) is 5.02. The number of nitrogens with zero attached hydrogens (tertiary/aromatic N) is 2. The Labute approximate surface area is 148 Å². The number of aliphatic imine (C=N–C) groups is 1. The minimum atomic E-state index is 0.509. The van der Waals surface area contributed by atoms with Crippen LogP contribution < -0.4 is 15.4 Å². The molecule has 0 radical (unpaired) electrons. The monoisotopic (exact) mass is 352 g/mol. The van der Waals surface area contributed by atoms with Crippen LogP contribution in [0.25, 0.3) is 0 Å². The van der Waals surface area contributed by atoms with Crippen LogP contribution >= 0.6 is 11.8 Å². The molecule has 6 nitrogen and oxygen atoms in total. The first-order valence-corrected chi connectivity index (χ1v) is 9.57. The molecule has 1 aliphatic rings. The molecular weight excluding hydrogens is 324 g/mol. The lowest BCUT2D eigenvalue weighted by atomic mass is 10.2. The summed E-state index contributed by atoms with van der Waals surface area (Å²) in [5.74, 6) is 2.76. The Bertz CT molecular complexity index is 490. The highest BCUT2D eigenvalue weighted by atomic mass is 32.2. The number of hydrogen-bond donors (Lipinski definition) is 2. The molecule has 1 aromatic rings. The third kappa shape index (κ3) is 6.97. The minimum absolute atomic E-state index is 0.509. The molecular formula is C17H28N4O2S.